The van der Waals surface area contributed by atoms with Crippen molar-refractivity contribution in [3.63, 3.8) is 0 Å². The van der Waals surface area contributed by atoms with Crippen LogP contribution in [-0.2, 0) is 4.79 Å². The molecule has 0 unspecified atom stereocenters. The van der Waals surface area contributed by atoms with Gasteiger partial charge in [0.1, 0.15) is 5.75 Å². The summed E-state index contributed by atoms with van der Waals surface area (Å²) in [5.74, 6) is 0.196. The van der Waals surface area contributed by atoms with Gasteiger partial charge in [0.05, 0.1) is 12.0 Å². The Hall–Kier alpha value is -2.45. The number of para-hydroxylation sites is 1. The molecule has 0 aliphatic rings. The topological polar surface area (TPSA) is 101 Å². The van der Waals surface area contributed by atoms with Crippen LogP contribution in [0.2, 0.25) is 0 Å². The van der Waals surface area contributed by atoms with E-state index in [9.17, 15) is 9.59 Å². The zero-order valence-corrected chi connectivity index (χ0v) is 15.5. The molecule has 8 heteroatoms. The monoisotopic (exact) mass is 377 g/mol. The van der Waals surface area contributed by atoms with E-state index >= 15 is 0 Å². The molecule has 0 saturated carbocycles. The number of hydrogen-bond acceptors (Lipinski definition) is 6. The van der Waals surface area contributed by atoms with Gasteiger partial charge in [-0.3, -0.25) is 14.8 Å². The standard InChI is InChI=1S/C18H23N3O4S/c1-25-14-9-6-5-8-13(14)15-12-20-18(26-15)17(23)19-11-7-3-2-4-10-16(22)21-24/h5-6,8-9,12,24H,2-4,7,10-11H2,1H3,(H,19,23)(H,21,22). The lowest BCUT2D eigenvalue weighted by Crippen LogP contribution is -2.24. The summed E-state index contributed by atoms with van der Waals surface area (Å²) in [6.45, 7) is 0.564. The van der Waals surface area contributed by atoms with E-state index in [-0.39, 0.29) is 11.8 Å². The highest BCUT2D eigenvalue weighted by atomic mass is 32.1. The number of hydroxylamine groups is 1. The Bertz CT molecular complexity index is 733. The van der Waals surface area contributed by atoms with Crippen molar-refractivity contribution in [2.75, 3.05) is 13.7 Å². The summed E-state index contributed by atoms with van der Waals surface area (Å²) in [4.78, 5) is 28.1. The van der Waals surface area contributed by atoms with Gasteiger partial charge in [-0.2, -0.15) is 0 Å². The Labute approximate surface area is 156 Å². The number of methoxy groups -OCH3 is 1. The fourth-order valence-corrected chi connectivity index (χ4v) is 3.31. The summed E-state index contributed by atoms with van der Waals surface area (Å²) < 4.78 is 5.34. The number of aromatic nitrogens is 1. The Balaban J connectivity index is 1.75. The highest BCUT2D eigenvalue weighted by Gasteiger charge is 2.13. The smallest absolute Gasteiger partial charge is 0.280 e. The first kappa shape index (κ1) is 19.9. The highest BCUT2D eigenvalue weighted by molar-refractivity contribution is 7.17. The third kappa shape index (κ3) is 5.82. The van der Waals surface area contributed by atoms with Gasteiger partial charge in [0.15, 0.2) is 5.01 Å². The van der Waals surface area contributed by atoms with Gasteiger partial charge in [-0.25, -0.2) is 10.5 Å². The van der Waals surface area contributed by atoms with Crippen molar-refractivity contribution < 1.29 is 19.5 Å². The Morgan fingerprint density at radius 1 is 1.19 bits per heavy atom. The molecule has 2 aromatic rings. The minimum absolute atomic E-state index is 0.184. The maximum absolute atomic E-state index is 12.2. The van der Waals surface area contributed by atoms with Crippen LogP contribution in [0.3, 0.4) is 0 Å². The largest absolute Gasteiger partial charge is 0.496 e. The number of ether oxygens (including phenoxy) is 1. The first-order valence-corrected chi connectivity index (χ1v) is 9.27. The van der Waals surface area contributed by atoms with Crippen molar-refractivity contribution in [2.45, 2.75) is 32.1 Å². The molecule has 0 aliphatic carbocycles. The highest BCUT2D eigenvalue weighted by Crippen LogP contribution is 2.33. The van der Waals surface area contributed by atoms with Gasteiger partial charge in [0, 0.05) is 24.7 Å². The molecule has 0 fully saturated rings. The van der Waals surface area contributed by atoms with Crippen LogP contribution in [-0.4, -0.2) is 35.7 Å². The van der Waals surface area contributed by atoms with E-state index < -0.39 is 0 Å². The molecule has 0 bridgehead atoms. The SMILES string of the molecule is COc1ccccc1-c1cnc(C(=O)NCCCCCCC(=O)NO)s1. The number of thiazole rings is 1. The van der Waals surface area contributed by atoms with Crippen LogP contribution in [0, 0.1) is 0 Å². The summed E-state index contributed by atoms with van der Waals surface area (Å²) in [6, 6.07) is 7.62. The third-order valence-corrected chi connectivity index (χ3v) is 4.84. The molecular formula is C18H23N3O4S. The van der Waals surface area contributed by atoms with Crippen molar-refractivity contribution in [3.8, 4) is 16.2 Å². The van der Waals surface area contributed by atoms with Gasteiger partial charge >= 0.3 is 0 Å². The van der Waals surface area contributed by atoms with E-state index in [2.05, 4.69) is 10.3 Å². The number of benzene rings is 1. The van der Waals surface area contributed by atoms with E-state index in [1.54, 1.807) is 18.8 Å². The van der Waals surface area contributed by atoms with Crippen LogP contribution in [0.15, 0.2) is 30.5 Å². The van der Waals surface area contributed by atoms with Gasteiger partial charge in [0.25, 0.3) is 5.91 Å². The number of hydrogen-bond donors (Lipinski definition) is 3. The summed E-state index contributed by atoms with van der Waals surface area (Å²) in [7, 11) is 1.61. The Morgan fingerprint density at radius 2 is 1.96 bits per heavy atom. The van der Waals surface area contributed by atoms with Crippen LogP contribution < -0.4 is 15.5 Å². The zero-order valence-electron chi connectivity index (χ0n) is 14.7. The van der Waals surface area contributed by atoms with Crippen molar-refractivity contribution in [1.82, 2.24) is 15.8 Å². The molecule has 7 nitrogen and oxygen atoms in total. The van der Waals surface area contributed by atoms with Crippen LogP contribution in [0.4, 0.5) is 0 Å². The van der Waals surface area contributed by atoms with Crippen LogP contribution in [0.25, 0.3) is 10.4 Å². The summed E-state index contributed by atoms with van der Waals surface area (Å²) >= 11 is 1.33. The van der Waals surface area contributed by atoms with Gasteiger partial charge in [-0.15, -0.1) is 11.3 Å². The number of nitrogens with zero attached hydrogens (tertiary/aromatic N) is 1. The number of amides is 2. The molecule has 3 N–H and O–H groups in total. The second-order valence-corrected chi connectivity index (χ2v) is 6.72. The van der Waals surface area contributed by atoms with Gasteiger partial charge in [0.2, 0.25) is 5.91 Å². The molecule has 0 spiro atoms. The van der Waals surface area contributed by atoms with Crippen LogP contribution in [0.1, 0.15) is 41.9 Å². The minimum atomic E-state index is -0.368. The Morgan fingerprint density at radius 3 is 2.73 bits per heavy atom. The van der Waals surface area contributed by atoms with E-state index in [0.29, 0.717) is 18.0 Å². The second-order valence-electron chi connectivity index (χ2n) is 5.69. The molecule has 1 aromatic carbocycles. The number of rotatable bonds is 10. The second kappa shape index (κ2) is 10.5. The first-order chi connectivity index (χ1) is 12.7. The van der Waals surface area contributed by atoms with Crippen molar-refractivity contribution in [2.24, 2.45) is 0 Å². The molecule has 0 saturated heterocycles. The van der Waals surface area contributed by atoms with Crippen LogP contribution >= 0.6 is 11.3 Å². The maximum Gasteiger partial charge on any atom is 0.280 e. The molecular weight excluding hydrogens is 354 g/mol. The van der Waals surface area contributed by atoms with Gasteiger partial charge in [-0.05, 0) is 25.0 Å². The van der Waals surface area contributed by atoms with Gasteiger partial charge in [-0.1, -0.05) is 25.0 Å². The predicted molar refractivity (Wildman–Crippen MR) is 99.4 cm³/mol. The lowest BCUT2D eigenvalue weighted by Gasteiger charge is -2.05. The number of nitrogens with one attached hydrogen (secondary N) is 2. The van der Waals surface area contributed by atoms with E-state index in [4.69, 9.17) is 9.94 Å². The molecule has 0 aliphatic heterocycles. The normalized spacial score (nSPS) is 10.4. The number of unbranched alkanes of at least 4 members (excludes halogenated alkanes) is 3. The summed E-state index contributed by atoms with van der Waals surface area (Å²) in [5.41, 5.74) is 2.53. The van der Waals surface area contributed by atoms with Crippen molar-refractivity contribution in [1.29, 1.82) is 0 Å². The fraction of sp³-hybridized carbons (Fsp3) is 0.389. The summed E-state index contributed by atoms with van der Waals surface area (Å²) in [5, 5.41) is 11.7. The predicted octanol–water partition coefficient (Wildman–Crippen LogP) is 3.00. The molecule has 1 aromatic heterocycles. The maximum atomic E-state index is 12.2. The lowest BCUT2D eigenvalue weighted by molar-refractivity contribution is -0.129. The molecule has 2 rings (SSSR count). The lowest BCUT2D eigenvalue weighted by atomic mass is 10.1. The molecule has 140 valence electrons. The van der Waals surface area contributed by atoms with Crippen molar-refractivity contribution >= 4 is 23.2 Å². The molecule has 0 atom stereocenters. The third-order valence-electron chi connectivity index (χ3n) is 3.81. The quantitative estimate of drug-likeness (QED) is 0.336. The first-order valence-electron chi connectivity index (χ1n) is 8.46. The Kier molecular flexibility index (Phi) is 8.04. The fourth-order valence-electron chi connectivity index (χ4n) is 2.45. The van der Waals surface area contributed by atoms with Crippen molar-refractivity contribution in [3.05, 3.63) is 35.5 Å². The molecule has 26 heavy (non-hydrogen) atoms. The van der Waals surface area contributed by atoms with E-state index in [1.807, 2.05) is 24.3 Å². The van der Waals surface area contributed by atoms with E-state index in [0.717, 1.165) is 41.9 Å². The number of carbonyl (C=O) groups is 2. The molecule has 2 amide bonds. The average Bonchev–Trinajstić information content (AvgIpc) is 3.16. The minimum Gasteiger partial charge on any atom is -0.496 e. The molecule has 1 heterocycles. The zero-order chi connectivity index (χ0) is 18.8. The summed E-state index contributed by atoms with van der Waals surface area (Å²) in [6.07, 6.45) is 5.32. The van der Waals surface area contributed by atoms with Crippen LogP contribution in [0.5, 0.6) is 5.75 Å². The van der Waals surface area contributed by atoms with Gasteiger partial charge < -0.3 is 10.1 Å². The van der Waals surface area contributed by atoms with E-state index in [1.165, 1.54) is 11.3 Å². The average molecular weight is 377 g/mol. The molecule has 0 radical (unpaired) electrons. The number of carbonyl (C=O) groups excluding carboxylic acids is 2.